The fourth-order valence-electron chi connectivity index (χ4n) is 2.52. The van der Waals surface area contributed by atoms with Gasteiger partial charge in [-0.15, -0.1) is 0 Å². The molecule has 1 aliphatic heterocycles. The average molecular weight is 323 g/mol. The molecule has 0 saturated carbocycles. The predicted octanol–water partition coefficient (Wildman–Crippen LogP) is 3.20. The molecule has 0 atom stereocenters. The van der Waals surface area contributed by atoms with E-state index in [-0.39, 0.29) is 0 Å². The molecule has 0 aliphatic carbocycles. The van der Waals surface area contributed by atoms with Crippen molar-refractivity contribution in [2.24, 2.45) is 0 Å². The number of amides is 1. The fraction of sp³-hybridized carbons (Fsp3) is 0.267. The maximum absolute atomic E-state index is 12.5. The van der Waals surface area contributed by atoms with Gasteiger partial charge < -0.3 is 10.0 Å². The molecule has 23 heavy (non-hydrogen) atoms. The van der Waals surface area contributed by atoms with E-state index in [1.54, 1.807) is 12.1 Å². The number of hydrogen-bond donors (Lipinski definition) is 1. The SMILES string of the molecule is O=C(O)N1CCc2cc(-c3cnc(C(F)(F)F)nc3)ccc2C1. The van der Waals surface area contributed by atoms with Gasteiger partial charge in [0.2, 0.25) is 5.82 Å². The van der Waals surface area contributed by atoms with E-state index in [9.17, 15) is 18.0 Å². The van der Waals surface area contributed by atoms with Crippen LogP contribution in [0.5, 0.6) is 0 Å². The Kier molecular flexibility index (Phi) is 3.67. The first-order valence-electron chi connectivity index (χ1n) is 6.84. The Hall–Kier alpha value is -2.64. The van der Waals surface area contributed by atoms with Crippen LogP contribution in [0.1, 0.15) is 17.0 Å². The molecule has 1 N–H and O–H groups in total. The highest BCUT2D eigenvalue weighted by atomic mass is 19.4. The van der Waals surface area contributed by atoms with Crippen LogP contribution in [0.4, 0.5) is 18.0 Å². The van der Waals surface area contributed by atoms with Gasteiger partial charge in [0.15, 0.2) is 0 Å². The smallest absolute Gasteiger partial charge is 0.451 e. The molecule has 0 saturated heterocycles. The van der Waals surface area contributed by atoms with Crippen LogP contribution in [0, 0.1) is 0 Å². The van der Waals surface area contributed by atoms with Gasteiger partial charge in [-0.1, -0.05) is 18.2 Å². The van der Waals surface area contributed by atoms with Gasteiger partial charge in [0.25, 0.3) is 0 Å². The summed E-state index contributed by atoms with van der Waals surface area (Å²) in [6.07, 6.45) is -2.67. The molecule has 3 rings (SSSR count). The molecule has 0 fully saturated rings. The van der Waals surface area contributed by atoms with Crippen molar-refractivity contribution in [1.29, 1.82) is 0 Å². The molecular formula is C15H12F3N3O2. The highest BCUT2D eigenvalue weighted by Gasteiger charge is 2.34. The van der Waals surface area contributed by atoms with Crippen molar-refractivity contribution in [3.63, 3.8) is 0 Å². The second-order valence-electron chi connectivity index (χ2n) is 5.23. The largest absolute Gasteiger partial charge is 0.465 e. The first-order chi connectivity index (χ1) is 10.8. The number of nitrogens with zero attached hydrogens (tertiary/aromatic N) is 3. The topological polar surface area (TPSA) is 66.3 Å². The van der Waals surface area contributed by atoms with Crippen molar-refractivity contribution in [1.82, 2.24) is 14.9 Å². The Bertz CT molecular complexity index is 745. The van der Waals surface area contributed by atoms with Gasteiger partial charge in [-0.05, 0) is 23.1 Å². The van der Waals surface area contributed by atoms with Crippen LogP contribution in [-0.2, 0) is 19.1 Å². The van der Waals surface area contributed by atoms with Crippen molar-refractivity contribution < 1.29 is 23.1 Å². The lowest BCUT2D eigenvalue weighted by atomic mass is 9.95. The Balaban J connectivity index is 1.87. The minimum atomic E-state index is -4.56. The molecule has 0 radical (unpaired) electrons. The number of aromatic nitrogens is 2. The van der Waals surface area contributed by atoms with Gasteiger partial charge in [-0.25, -0.2) is 14.8 Å². The Morgan fingerprint density at radius 1 is 1.13 bits per heavy atom. The van der Waals surface area contributed by atoms with Crippen LogP contribution < -0.4 is 0 Å². The maximum atomic E-state index is 12.5. The first-order valence-corrected chi connectivity index (χ1v) is 6.84. The summed E-state index contributed by atoms with van der Waals surface area (Å²) in [6.45, 7) is 0.712. The number of hydrogen-bond acceptors (Lipinski definition) is 3. The molecule has 1 aliphatic rings. The van der Waals surface area contributed by atoms with E-state index in [1.807, 2.05) is 6.07 Å². The van der Waals surface area contributed by atoms with Crippen molar-refractivity contribution in [2.45, 2.75) is 19.1 Å². The monoisotopic (exact) mass is 323 g/mol. The molecule has 2 aromatic rings. The van der Waals surface area contributed by atoms with E-state index in [0.717, 1.165) is 23.5 Å². The lowest BCUT2D eigenvalue weighted by Crippen LogP contribution is -2.34. The van der Waals surface area contributed by atoms with E-state index < -0.39 is 18.1 Å². The summed E-state index contributed by atoms with van der Waals surface area (Å²) in [7, 11) is 0. The summed E-state index contributed by atoms with van der Waals surface area (Å²) in [5.74, 6) is -1.17. The second-order valence-corrected chi connectivity index (χ2v) is 5.23. The van der Waals surface area contributed by atoms with E-state index in [4.69, 9.17) is 5.11 Å². The second kappa shape index (κ2) is 5.53. The molecule has 0 bridgehead atoms. The third-order valence-corrected chi connectivity index (χ3v) is 3.73. The third-order valence-electron chi connectivity index (χ3n) is 3.73. The third kappa shape index (κ3) is 3.10. The van der Waals surface area contributed by atoms with Crippen LogP contribution in [0.2, 0.25) is 0 Å². The molecule has 1 amide bonds. The zero-order chi connectivity index (χ0) is 16.6. The summed E-state index contributed by atoms with van der Waals surface area (Å²) in [5, 5.41) is 9.01. The highest BCUT2D eigenvalue weighted by Crippen LogP contribution is 2.28. The fourth-order valence-corrected chi connectivity index (χ4v) is 2.52. The van der Waals surface area contributed by atoms with Gasteiger partial charge in [0.05, 0.1) is 0 Å². The number of halogens is 3. The molecule has 5 nitrogen and oxygen atoms in total. The molecule has 8 heteroatoms. The number of rotatable bonds is 1. The van der Waals surface area contributed by atoms with Crippen LogP contribution in [0.3, 0.4) is 0 Å². The maximum Gasteiger partial charge on any atom is 0.451 e. The average Bonchev–Trinajstić information content (AvgIpc) is 2.53. The molecule has 0 spiro atoms. The van der Waals surface area contributed by atoms with E-state index in [2.05, 4.69) is 9.97 Å². The molecule has 1 aromatic heterocycles. The Labute approximate surface area is 129 Å². The minimum absolute atomic E-state index is 0.314. The van der Waals surface area contributed by atoms with E-state index in [1.165, 1.54) is 4.90 Å². The van der Waals surface area contributed by atoms with E-state index in [0.29, 0.717) is 30.6 Å². The van der Waals surface area contributed by atoms with Crippen LogP contribution in [0.15, 0.2) is 30.6 Å². The molecule has 2 heterocycles. The van der Waals surface area contributed by atoms with Crippen LogP contribution >= 0.6 is 0 Å². The standard InChI is InChI=1S/C15H12F3N3O2/c16-15(17,18)13-19-6-12(7-20-13)9-1-2-11-8-21(14(22)23)4-3-10(11)5-9/h1-2,5-7H,3-4,8H2,(H,22,23). The van der Waals surface area contributed by atoms with Crippen molar-refractivity contribution in [3.05, 3.63) is 47.5 Å². The molecular weight excluding hydrogens is 311 g/mol. The Morgan fingerprint density at radius 2 is 1.83 bits per heavy atom. The number of benzene rings is 1. The van der Waals surface area contributed by atoms with Crippen LogP contribution in [0.25, 0.3) is 11.1 Å². The highest BCUT2D eigenvalue weighted by molar-refractivity contribution is 5.67. The van der Waals surface area contributed by atoms with Gasteiger partial charge in [-0.2, -0.15) is 13.2 Å². The Morgan fingerprint density at radius 3 is 2.43 bits per heavy atom. The van der Waals surface area contributed by atoms with Crippen LogP contribution in [-0.4, -0.2) is 32.6 Å². The van der Waals surface area contributed by atoms with Crippen molar-refractivity contribution >= 4 is 6.09 Å². The van der Waals surface area contributed by atoms with Crippen molar-refractivity contribution in [2.75, 3.05) is 6.54 Å². The number of carboxylic acid groups (broad SMARTS) is 1. The zero-order valence-corrected chi connectivity index (χ0v) is 11.8. The number of fused-ring (bicyclic) bond motifs is 1. The van der Waals surface area contributed by atoms with Gasteiger partial charge >= 0.3 is 12.3 Å². The quantitative estimate of drug-likeness (QED) is 0.875. The normalized spacial score (nSPS) is 14.5. The predicted molar refractivity (Wildman–Crippen MR) is 74.6 cm³/mol. The van der Waals surface area contributed by atoms with Crippen molar-refractivity contribution in [3.8, 4) is 11.1 Å². The lowest BCUT2D eigenvalue weighted by Gasteiger charge is -2.26. The molecule has 1 aromatic carbocycles. The van der Waals surface area contributed by atoms with Gasteiger partial charge in [0.1, 0.15) is 0 Å². The van der Waals surface area contributed by atoms with Gasteiger partial charge in [0, 0.05) is 31.0 Å². The van der Waals surface area contributed by atoms with E-state index >= 15 is 0 Å². The van der Waals surface area contributed by atoms with Gasteiger partial charge in [-0.3, -0.25) is 0 Å². The minimum Gasteiger partial charge on any atom is -0.465 e. The zero-order valence-electron chi connectivity index (χ0n) is 11.8. The summed E-state index contributed by atoms with van der Waals surface area (Å²) in [4.78, 5) is 19.0. The summed E-state index contributed by atoms with van der Waals surface area (Å²) < 4.78 is 37.4. The summed E-state index contributed by atoms with van der Waals surface area (Å²) in [6, 6.07) is 5.37. The summed E-state index contributed by atoms with van der Waals surface area (Å²) >= 11 is 0. The molecule has 120 valence electrons. The molecule has 0 unspecified atom stereocenters. The number of carbonyl (C=O) groups is 1. The number of alkyl halides is 3. The first kappa shape index (κ1) is 15.3. The lowest BCUT2D eigenvalue weighted by molar-refractivity contribution is -0.144. The summed E-state index contributed by atoms with van der Waals surface area (Å²) in [5.41, 5.74) is 3.08.